The number of anilines is 1. The summed E-state index contributed by atoms with van der Waals surface area (Å²) in [5.41, 5.74) is 0.181. The van der Waals surface area contributed by atoms with Crippen LogP contribution in [-0.4, -0.2) is 69.8 Å². The molecule has 2 saturated heterocycles. The minimum absolute atomic E-state index is 0. The van der Waals surface area contributed by atoms with Gasteiger partial charge in [-0.25, -0.2) is 18.0 Å². The van der Waals surface area contributed by atoms with Crippen LogP contribution < -0.4 is 10.2 Å². The highest BCUT2D eigenvalue weighted by Gasteiger charge is 2.46. The Bertz CT molecular complexity index is 1090. The summed E-state index contributed by atoms with van der Waals surface area (Å²) in [7, 11) is 1.55. The molecule has 0 spiro atoms. The Hall–Kier alpha value is -2.86. The zero-order valence-corrected chi connectivity index (χ0v) is 17.8. The number of carbonyl (C=O) groups excluding carboxylic acids is 2. The van der Waals surface area contributed by atoms with Gasteiger partial charge in [-0.15, -0.1) is 12.4 Å². The lowest BCUT2D eigenvalue weighted by Gasteiger charge is -2.38. The maximum atomic E-state index is 15.0. The number of aromatic nitrogens is 2. The number of carboxylic acids is 1. The highest BCUT2D eigenvalue weighted by molar-refractivity contribution is 6.08. The van der Waals surface area contributed by atoms with Gasteiger partial charge in [0.2, 0.25) is 5.91 Å². The number of rotatable bonds is 4. The highest BCUT2D eigenvalue weighted by atomic mass is 35.5. The Balaban J connectivity index is 0.00000289. The lowest BCUT2D eigenvalue weighted by Crippen LogP contribution is -2.49. The van der Waals surface area contributed by atoms with E-state index in [4.69, 9.17) is 5.11 Å². The van der Waals surface area contributed by atoms with Crippen molar-refractivity contribution in [2.75, 3.05) is 31.1 Å². The molecule has 2 fully saturated rings. The summed E-state index contributed by atoms with van der Waals surface area (Å²) in [6.45, 7) is -1.11. The van der Waals surface area contributed by atoms with Crippen molar-refractivity contribution < 1.29 is 32.7 Å². The molecule has 3 heterocycles. The molecule has 2 aliphatic rings. The van der Waals surface area contributed by atoms with Crippen molar-refractivity contribution in [3.05, 3.63) is 23.5 Å². The number of nitrogens with zero attached hydrogens (tertiary/aromatic N) is 4. The quantitative estimate of drug-likeness (QED) is 0.701. The number of alkyl halides is 2. The topological polar surface area (TPSA) is 108 Å². The molecule has 3 amide bonds. The maximum absolute atomic E-state index is 15.0. The molecule has 0 radical (unpaired) electrons. The first-order chi connectivity index (χ1) is 14.6. The van der Waals surface area contributed by atoms with Crippen LogP contribution in [-0.2, 0) is 16.6 Å². The molecule has 2 N–H and O–H groups in total. The summed E-state index contributed by atoms with van der Waals surface area (Å²) < 4.78 is 46.0. The van der Waals surface area contributed by atoms with E-state index in [2.05, 4.69) is 10.4 Å². The Labute approximate surface area is 186 Å². The summed E-state index contributed by atoms with van der Waals surface area (Å²) in [4.78, 5) is 36.7. The molecule has 174 valence electrons. The number of halogens is 4. The minimum atomic E-state index is -3.32. The van der Waals surface area contributed by atoms with E-state index in [-0.39, 0.29) is 55.1 Å². The smallest absolute Gasteiger partial charge is 0.329 e. The summed E-state index contributed by atoms with van der Waals surface area (Å²) >= 11 is 0. The first-order valence-corrected chi connectivity index (χ1v) is 9.66. The molecule has 32 heavy (non-hydrogen) atoms. The fraction of sp³-hybridized carbons (Fsp3) is 0.474. The van der Waals surface area contributed by atoms with Gasteiger partial charge in [0.15, 0.2) is 5.82 Å². The third-order valence-electron chi connectivity index (χ3n) is 5.67. The lowest BCUT2D eigenvalue weighted by atomic mass is 9.85. The summed E-state index contributed by atoms with van der Waals surface area (Å²) in [5, 5.41) is 15.5. The molecule has 2 aromatic rings. The van der Waals surface area contributed by atoms with E-state index < -0.39 is 48.7 Å². The van der Waals surface area contributed by atoms with E-state index in [0.29, 0.717) is 5.52 Å². The third kappa shape index (κ3) is 4.24. The summed E-state index contributed by atoms with van der Waals surface area (Å²) in [6, 6.07) is 1.70. The van der Waals surface area contributed by atoms with Crippen LogP contribution in [0.1, 0.15) is 24.3 Å². The molecule has 0 aliphatic carbocycles. The number of imide groups is 1. The first kappa shape index (κ1) is 23.8. The van der Waals surface area contributed by atoms with Gasteiger partial charge in [-0.3, -0.25) is 29.4 Å². The molecule has 1 aromatic heterocycles. The van der Waals surface area contributed by atoms with Crippen molar-refractivity contribution >= 4 is 47.0 Å². The monoisotopic (exact) mass is 475 g/mol. The molecular formula is C19H21ClF3N5O4. The van der Waals surface area contributed by atoms with Crippen molar-refractivity contribution in [3.8, 4) is 0 Å². The second-order valence-electron chi connectivity index (χ2n) is 7.80. The van der Waals surface area contributed by atoms with E-state index in [0.717, 1.165) is 11.0 Å². The second-order valence-corrected chi connectivity index (χ2v) is 7.80. The third-order valence-corrected chi connectivity index (χ3v) is 5.67. The summed E-state index contributed by atoms with van der Waals surface area (Å²) in [5.74, 6) is -7.09. The van der Waals surface area contributed by atoms with Crippen LogP contribution in [0.5, 0.6) is 0 Å². The molecule has 2 aliphatic heterocycles. The van der Waals surface area contributed by atoms with Crippen LogP contribution in [0.4, 0.5) is 23.8 Å². The van der Waals surface area contributed by atoms with E-state index in [9.17, 15) is 23.2 Å². The second kappa shape index (κ2) is 8.58. The Morgan fingerprint density at radius 1 is 1.31 bits per heavy atom. The predicted octanol–water partition coefficient (Wildman–Crippen LogP) is 2.09. The SMILES string of the molecule is Cl.Cn1nc(N2CCC(=O)NC2=O)c2cc(F)c(C3CCN(CC(=O)O)CC3(F)F)cc21. The first-order valence-electron chi connectivity index (χ1n) is 9.66. The number of amides is 3. The van der Waals surface area contributed by atoms with Gasteiger partial charge in [-0.05, 0) is 30.7 Å². The van der Waals surface area contributed by atoms with Crippen molar-refractivity contribution in [3.63, 3.8) is 0 Å². The standard InChI is InChI=1S/C19H20F3N5O4.ClH/c1-25-14-7-10(12-2-4-26(8-16(29)30)9-19(12,21)22)13(20)6-11(14)17(24-25)27-5-3-15(28)23-18(27)31;/h6-7,12H,2-5,8-9H2,1H3,(H,29,30)(H,23,28,31);1H. The van der Waals surface area contributed by atoms with Crippen LogP contribution >= 0.6 is 12.4 Å². The van der Waals surface area contributed by atoms with Gasteiger partial charge >= 0.3 is 12.0 Å². The number of carbonyl (C=O) groups is 3. The zero-order valence-electron chi connectivity index (χ0n) is 17.0. The van der Waals surface area contributed by atoms with Gasteiger partial charge in [-0.1, -0.05) is 0 Å². The number of hydrogen-bond donors (Lipinski definition) is 2. The zero-order chi connectivity index (χ0) is 22.5. The van der Waals surface area contributed by atoms with E-state index >= 15 is 4.39 Å². The number of aliphatic carboxylic acids is 1. The molecule has 9 nitrogen and oxygen atoms in total. The van der Waals surface area contributed by atoms with Crippen LogP contribution in [0.2, 0.25) is 0 Å². The van der Waals surface area contributed by atoms with Crippen molar-refractivity contribution in [1.29, 1.82) is 0 Å². The van der Waals surface area contributed by atoms with Crippen molar-refractivity contribution in [2.24, 2.45) is 7.05 Å². The molecule has 1 aromatic carbocycles. The number of likely N-dealkylation sites (tertiary alicyclic amines) is 1. The van der Waals surface area contributed by atoms with Gasteiger partial charge in [0.1, 0.15) is 5.82 Å². The van der Waals surface area contributed by atoms with Crippen LogP contribution in [0.3, 0.4) is 0 Å². The maximum Gasteiger partial charge on any atom is 0.329 e. The number of urea groups is 1. The minimum Gasteiger partial charge on any atom is -0.480 e. The van der Waals surface area contributed by atoms with Gasteiger partial charge in [-0.2, -0.15) is 5.10 Å². The highest BCUT2D eigenvalue weighted by Crippen LogP contribution is 2.43. The number of benzene rings is 1. The van der Waals surface area contributed by atoms with Crippen molar-refractivity contribution in [1.82, 2.24) is 20.0 Å². The fourth-order valence-corrected chi connectivity index (χ4v) is 4.23. The van der Waals surface area contributed by atoms with Crippen LogP contribution in [0.15, 0.2) is 12.1 Å². The summed E-state index contributed by atoms with van der Waals surface area (Å²) in [6.07, 6.45) is -0.0461. The Morgan fingerprint density at radius 3 is 2.66 bits per heavy atom. The molecule has 0 saturated carbocycles. The fourth-order valence-electron chi connectivity index (χ4n) is 4.23. The van der Waals surface area contributed by atoms with Gasteiger partial charge in [0.05, 0.1) is 24.5 Å². The van der Waals surface area contributed by atoms with E-state index in [1.54, 1.807) is 7.05 Å². The van der Waals surface area contributed by atoms with Gasteiger partial charge < -0.3 is 5.11 Å². The van der Waals surface area contributed by atoms with E-state index in [1.165, 1.54) is 15.6 Å². The van der Waals surface area contributed by atoms with Gasteiger partial charge in [0.25, 0.3) is 5.92 Å². The lowest BCUT2D eigenvalue weighted by molar-refractivity contribution is -0.142. The normalized spacial score (nSPS) is 21.4. The van der Waals surface area contributed by atoms with Crippen molar-refractivity contribution in [2.45, 2.75) is 24.7 Å². The Kier molecular flexibility index (Phi) is 6.38. The number of piperidine rings is 1. The molecular weight excluding hydrogens is 455 g/mol. The molecule has 0 bridgehead atoms. The largest absolute Gasteiger partial charge is 0.480 e. The number of fused-ring (bicyclic) bond motifs is 1. The average Bonchev–Trinajstić information content (AvgIpc) is 2.96. The average molecular weight is 476 g/mol. The number of aryl methyl sites for hydroxylation is 1. The number of nitrogens with one attached hydrogen (secondary N) is 1. The van der Waals surface area contributed by atoms with Crippen LogP contribution in [0, 0.1) is 5.82 Å². The molecule has 1 atom stereocenters. The number of carboxylic acid groups (broad SMARTS) is 1. The number of hydrogen-bond acceptors (Lipinski definition) is 5. The molecule has 13 heteroatoms. The molecule has 1 unspecified atom stereocenters. The van der Waals surface area contributed by atoms with Gasteiger partial charge in [0, 0.05) is 25.4 Å². The van der Waals surface area contributed by atoms with Crippen LogP contribution in [0.25, 0.3) is 10.9 Å². The van der Waals surface area contributed by atoms with E-state index in [1.807, 2.05) is 0 Å². The Morgan fingerprint density at radius 2 is 2.03 bits per heavy atom. The molecule has 4 rings (SSSR count). The predicted molar refractivity (Wildman–Crippen MR) is 110 cm³/mol.